The van der Waals surface area contributed by atoms with E-state index in [9.17, 15) is 10.1 Å². The zero-order valence-corrected chi connectivity index (χ0v) is 19.6. The number of aliphatic imine (C=N–C) groups is 1. The topological polar surface area (TPSA) is 95.9 Å². The van der Waals surface area contributed by atoms with E-state index < -0.39 is 0 Å². The molecule has 0 bridgehead atoms. The third-order valence-corrected chi connectivity index (χ3v) is 5.11. The lowest BCUT2D eigenvalue weighted by Crippen LogP contribution is -2.44. The lowest BCUT2D eigenvalue weighted by atomic mass is 10.1. The van der Waals surface area contributed by atoms with Crippen LogP contribution in [0.2, 0.25) is 0 Å². The van der Waals surface area contributed by atoms with Crippen molar-refractivity contribution in [2.24, 2.45) is 4.99 Å². The summed E-state index contributed by atoms with van der Waals surface area (Å²) >= 11 is 0. The van der Waals surface area contributed by atoms with Crippen LogP contribution in [0.1, 0.15) is 43.6 Å². The summed E-state index contributed by atoms with van der Waals surface area (Å²) in [4.78, 5) is 17.9. The van der Waals surface area contributed by atoms with Gasteiger partial charge in [-0.25, -0.2) is 4.99 Å². The Balaban J connectivity index is 0.00000320. The summed E-state index contributed by atoms with van der Waals surface area (Å²) in [6.07, 6.45) is 5.38. The van der Waals surface area contributed by atoms with E-state index in [-0.39, 0.29) is 47.2 Å². The summed E-state index contributed by atoms with van der Waals surface area (Å²) < 4.78 is 5.70. The van der Waals surface area contributed by atoms with Crippen LogP contribution < -0.4 is 10.6 Å². The summed E-state index contributed by atoms with van der Waals surface area (Å²) in [5.41, 5.74) is 0.683. The SMILES string of the molecule is CCNC(=NCc1ccccc1[N+](=O)[O-])NCC(c1ccco1)N1CCCCC1.I. The molecule has 0 saturated carbocycles. The maximum absolute atomic E-state index is 11.2. The van der Waals surface area contributed by atoms with Gasteiger partial charge in [0.05, 0.1) is 29.3 Å². The molecule has 1 aromatic heterocycles. The van der Waals surface area contributed by atoms with Crippen LogP contribution in [0.3, 0.4) is 0 Å². The van der Waals surface area contributed by atoms with Gasteiger partial charge >= 0.3 is 0 Å². The number of nitro groups is 1. The minimum absolute atomic E-state index is 0. The Labute approximate surface area is 194 Å². The smallest absolute Gasteiger partial charge is 0.274 e. The number of nitrogens with zero attached hydrogens (tertiary/aromatic N) is 3. The number of para-hydroxylation sites is 1. The molecule has 1 aromatic carbocycles. The Morgan fingerprint density at radius 1 is 1.20 bits per heavy atom. The van der Waals surface area contributed by atoms with Crippen molar-refractivity contribution < 1.29 is 9.34 Å². The van der Waals surface area contributed by atoms with Crippen molar-refractivity contribution in [2.45, 2.75) is 38.8 Å². The number of hydrogen-bond acceptors (Lipinski definition) is 5. The summed E-state index contributed by atoms with van der Waals surface area (Å²) in [5.74, 6) is 1.58. The van der Waals surface area contributed by atoms with Crippen LogP contribution in [-0.4, -0.2) is 42.0 Å². The fraction of sp³-hybridized carbons (Fsp3) is 0.476. The maximum Gasteiger partial charge on any atom is 0.274 e. The van der Waals surface area contributed by atoms with Crippen LogP contribution in [0.4, 0.5) is 5.69 Å². The molecule has 1 unspecified atom stereocenters. The Hall–Kier alpha value is -2.14. The summed E-state index contributed by atoms with van der Waals surface area (Å²) in [6, 6.07) is 10.8. The third-order valence-electron chi connectivity index (χ3n) is 5.11. The highest BCUT2D eigenvalue weighted by Gasteiger charge is 2.24. The van der Waals surface area contributed by atoms with Crippen LogP contribution in [-0.2, 0) is 6.54 Å². The lowest BCUT2D eigenvalue weighted by molar-refractivity contribution is -0.385. The number of guanidine groups is 1. The zero-order chi connectivity index (χ0) is 20.5. The molecule has 9 heteroatoms. The van der Waals surface area contributed by atoms with Crippen molar-refractivity contribution in [1.29, 1.82) is 0 Å². The van der Waals surface area contributed by atoms with E-state index in [0.29, 0.717) is 24.6 Å². The number of benzene rings is 1. The van der Waals surface area contributed by atoms with Crippen molar-refractivity contribution in [3.05, 3.63) is 64.1 Å². The molecule has 2 aromatic rings. The van der Waals surface area contributed by atoms with Crippen molar-refractivity contribution in [1.82, 2.24) is 15.5 Å². The normalized spacial score (nSPS) is 15.8. The Morgan fingerprint density at radius 2 is 1.97 bits per heavy atom. The maximum atomic E-state index is 11.2. The van der Waals surface area contributed by atoms with Crippen molar-refractivity contribution >= 4 is 35.6 Å². The lowest BCUT2D eigenvalue weighted by Gasteiger charge is -2.33. The molecular weight excluding hydrogens is 497 g/mol. The number of nitro benzene ring substituents is 1. The van der Waals surface area contributed by atoms with Crippen LogP contribution in [0, 0.1) is 10.1 Å². The number of furan rings is 1. The van der Waals surface area contributed by atoms with E-state index in [0.717, 1.165) is 18.8 Å². The molecule has 0 spiro atoms. The highest BCUT2D eigenvalue weighted by atomic mass is 127. The molecule has 3 rings (SSSR count). The second-order valence-corrected chi connectivity index (χ2v) is 7.09. The van der Waals surface area contributed by atoms with Gasteiger partial charge in [0.1, 0.15) is 5.76 Å². The van der Waals surface area contributed by atoms with E-state index in [1.807, 2.05) is 19.1 Å². The molecule has 0 amide bonds. The first-order valence-electron chi connectivity index (χ1n) is 10.2. The van der Waals surface area contributed by atoms with Crippen molar-refractivity contribution in [2.75, 3.05) is 26.2 Å². The number of hydrogen-bond donors (Lipinski definition) is 2. The van der Waals surface area contributed by atoms with Gasteiger partial charge in [0.25, 0.3) is 5.69 Å². The highest BCUT2D eigenvalue weighted by Crippen LogP contribution is 2.24. The standard InChI is InChI=1S/C21H29N5O3.HI/c1-2-22-21(23-15-17-9-4-5-10-18(17)26(27)28)24-16-19(20-11-8-14-29-20)25-12-6-3-7-13-25;/h4-5,8-11,14,19H,2-3,6-7,12-13,15-16H2,1H3,(H2,22,23,24);1H. The Morgan fingerprint density at radius 3 is 2.63 bits per heavy atom. The highest BCUT2D eigenvalue weighted by molar-refractivity contribution is 14.0. The van der Waals surface area contributed by atoms with Gasteiger partial charge in [-0.05, 0) is 45.0 Å². The minimum Gasteiger partial charge on any atom is -0.468 e. The molecule has 1 saturated heterocycles. The summed E-state index contributed by atoms with van der Waals surface area (Å²) in [6.45, 7) is 5.69. The number of rotatable bonds is 8. The van der Waals surface area contributed by atoms with E-state index in [2.05, 4.69) is 20.5 Å². The first-order chi connectivity index (χ1) is 14.2. The summed E-state index contributed by atoms with van der Waals surface area (Å²) in [5, 5.41) is 17.8. The quantitative estimate of drug-likeness (QED) is 0.177. The zero-order valence-electron chi connectivity index (χ0n) is 17.3. The predicted octanol–water partition coefficient (Wildman–Crippen LogP) is 4.09. The van der Waals surface area contributed by atoms with E-state index >= 15 is 0 Å². The second-order valence-electron chi connectivity index (χ2n) is 7.09. The number of likely N-dealkylation sites (tertiary alicyclic amines) is 1. The van der Waals surface area contributed by atoms with Gasteiger partial charge in [-0.3, -0.25) is 15.0 Å². The van der Waals surface area contributed by atoms with E-state index in [1.165, 1.54) is 25.3 Å². The van der Waals surface area contributed by atoms with Gasteiger partial charge < -0.3 is 15.1 Å². The van der Waals surface area contributed by atoms with Gasteiger partial charge in [-0.1, -0.05) is 24.6 Å². The second kappa shape index (κ2) is 12.5. The molecule has 1 aliphatic rings. The molecule has 2 heterocycles. The van der Waals surface area contributed by atoms with Gasteiger partial charge in [0, 0.05) is 19.2 Å². The third kappa shape index (κ3) is 6.69. The molecule has 164 valence electrons. The molecule has 1 atom stereocenters. The molecule has 2 N–H and O–H groups in total. The molecule has 0 radical (unpaired) electrons. The fourth-order valence-corrected chi connectivity index (χ4v) is 3.64. The Bertz CT molecular complexity index is 807. The number of halogens is 1. The molecule has 8 nitrogen and oxygen atoms in total. The minimum atomic E-state index is -0.367. The first kappa shape index (κ1) is 24.1. The predicted molar refractivity (Wildman–Crippen MR) is 128 cm³/mol. The molecule has 30 heavy (non-hydrogen) atoms. The van der Waals surface area contributed by atoms with E-state index in [4.69, 9.17) is 4.42 Å². The monoisotopic (exact) mass is 527 g/mol. The van der Waals surface area contributed by atoms with Crippen molar-refractivity contribution in [3.8, 4) is 0 Å². The fourth-order valence-electron chi connectivity index (χ4n) is 3.64. The number of piperidine rings is 1. The molecular formula is C21H30IN5O3. The van der Waals surface area contributed by atoms with Gasteiger partial charge in [-0.15, -0.1) is 24.0 Å². The van der Waals surface area contributed by atoms with Gasteiger partial charge in [-0.2, -0.15) is 0 Å². The molecule has 1 aliphatic heterocycles. The first-order valence-corrected chi connectivity index (χ1v) is 10.2. The van der Waals surface area contributed by atoms with Gasteiger partial charge in [0.15, 0.2) is 5.96 Å². The average molecular weight is 527 g/mol. The van der Waals surface area contributed by atoms with Crippen LogP contribution in [0.5, 0.6) is 0 Å². The Kier molecular flexibility index (Phi) is 10.1. The van der Waals surface area contributed by atoms with Crippen LogP contribution in [0.25, 0.3) is 0 Å². The molecule has 1 fully saturated rings. The summed E-state index contributed by atoms with van der Waals surface area (Å²) in [7, 11) is 0. The van der Waals surface area contributed by atoms with Gasteiger partial charge in [0.2, 0.25) is 0 Å². The molecule has 0 aliphatic carbocycles. The van der Waals surface area contributed by atoms with E-state index in [1.54, 1.807) is 24.5 Å². The number of nitrogens with one attached hydrogen (secondary N) is 2. The van der Waals surface area contributed by atoms with Crippen LogP contribution >= 0.6 is 24.0 Å². The largest absolute Gasteiger partial charge is 0.468 e. The van der Waals surface area contributed by atoms with Crippen LogP contribution in [0.15, 0.2) is 52.1 Å². The van der Waals surface area contributed by atoms with Crippen molar-refractivity contribution in [3.63, 3.8) is 0 Å². The average Bonchev–Trinajstić information content (AvgIpc) is 3.27.